The summed E-state index contributed by atoms with van der Waals surface area (Å²) < 4.78 is 0. The lowest BCUT2D eigenvalue weighted by Gasteiger charge is -2.35. The molecule has 0 unspecified atom stereocenters. The van der Waals surface area contributed by atoms with Gasteiger partial charge in [0.25, 0.3) is 0 Å². The maximum absolute atomic E-state index is 12.8. The van der Waals surface area contributed by atoms with Crippen LogP contribution in [-0.4, -0.2) is 29.1 Å². The van der Waals surface area contributed by atoms with E-state index in [1.807, 2.05) is 36.4 Å². The van der Waals surface area contributed by atoms with E-state index in [1.54, 1.807) is 41.1 Å². The summed E-state index contributed by atoms with van der Waals surface area (Å²) in [5.41, 5.74) is 5.14. The molecule has 4 rings (SSSR count). The second-order valence-corrected chi connectivity index (χ2v) is 7.51. The highest BCUT2D eigenvalue weighted by molar-refractivity contribution is 5.94. The van der Waals surface area contributed by atoms with Gasteiger partial charge >= 0.3 is 12.0 Å². The third kappa shape index (κ3) is 4.59. The highest BCUT2D eigenvalue weighted by Crippen LogP contribution is 2.29. The van der Waals surface area contributed by atoms with Crippen molar-refractivity contribution in [1.29, 1.82) is 0 Å². The van der Waals surface area contributed by atoms with E-state index in [2.05, 4.69) is 24.0 Å². The zero-order valence-electron chi connectivity index (χ0n) is 17.2. The lowest BCUT2D eigenvalue weighted by molar-refractivity contribution is 0.0697. The average molecular weight is 410 g/mol. The summed E-state index contributed by atoms with van der Waals surface area (Å²) in [6.07, 6.45) is 0.689. The van der Waals surface area contributed by atoms with E-state index in [9.17, 15) is 9.59 Å². The number of amides is 2. The van der Waals surface area contributed by atoms with Crippen LogP contribution in [0.25, 0.3) is 0 Å². The summed E-state index contributed by atoms with van der Waals surface area (Å²) in [6, 6.07) is 22.6. The number of anilines is 1. The van der Waals surface area contributed by atoms with Gasteiger partial charge in [0.2, 0.25) is 0 Å². The van der Waals surface area contributed by atoms with Crippen molar-refractivity contribution in [3.63, 3.8) is 0 Å². The van der Waals surface area contributed by atoms with Crippen LogP contribution in [0.3, 0.4) is 0 Å². The molecule has 3 aromatic rings. The Morgan fingerprint density at radius 3 is 2.45 bits per heavy atom. The van der Waals surface area contributed by atoms with Crippen LogP contribution in [0, 0.1) is 11.8 Å². The molecule has 1 heterocycles. The molecule has 0 spiro atoms. The Balaban J connectivity index is 1.51. The van der Waals surface area contributed by atoms with Crippen molar-refractivity contribution >= 4 is 17.7 Å². The minimum Gasteiger partial charge on any atom is -0.478 e. The third-order valence-electron chi connectivity index (χ3n) is 5.30. The SMILES string of the molecule is CN1C(=O)N(Cc2ccc(C(=O)O)cc2)Cc2cc(C#CCc3ccccc3)ccc21. The number of carbonyl (C=O) groups excluding carboxylic acids is 1. The molecule has 0 fully saturated rings. The molecule has 1 N–H and O–H groups in total. The largest absolute Gasteiger partial charge is 0.478 e. The van der Waals surface area contributed by atoms with Gasteiger partial charge in [-0.15, -0.1) is 0 Å². The lowest BCUT2D eigenvalue weighted by atomic mass is 10.0. The lowest BCUT2D eigenvalue weighted by Crippen LogP contribution is -2.44. The zero-order valence-corrected chi connectivity index (χ0v) is 17.2. The Morgan fingerprint density at radius 1 is 1.00 bits per heavy atom. The van der Waals surface area contributed by atoms with E-state index < -0.39 is 5.97 Å². The van der Waals surface area contributed by atoms with Gasteiger partial charge in [-0.25, -0.2) is 9.59 Å². The fraction of sp³-hybridized carbons (Fsp3) is 0.154. The molecule has 2 amide bonds. The number of fused-ring (bicyclic) bond motifs is 1. The number of carboxylic acids is 1. The van der Waals surface area contributed by atoms with E-state index >= 15 is 0 Å². The van der Waals surface area contributed by atoms with Crippen LogP contribution in [0.4, 0.5) is 10.5 Å². The van der Waals surface area contributed by atoms with Crippen molar-refractivity contribution in [2.24, 2.45) is 0 Å². The molecule has 0 atom stereocenters. The molecule has 0 saturated carbocycles. The van der Waals surface area contributed by atoms with E-state index in [0.717, 1.165) is 22.4 Å². The van der Waals surface area contributed by atoms with Crippen molar-refractivity contribution in [2.45, 2.75) is 19.5 Å². The number of urea groups is 1. The van der Waals surface area contributed by atoms with E-state index in [-0.39, 0.29) is 11.6 Å². The first-order valence-electron chi connectivity index (χ1n) is 10.0. The number of hydrogen-bond donors (Lipinski definition) is 1. The van der Waals surface area contributed by atoms with Crippen LogP contribution in [0.1, 0.15) is 32.6 Å². The topological polar surface area (TPSA) is 60.9 Å². The van der Waals surface area contributed by atoms with Gasteiger partial charge in [-0.2, -0.15) is 0 Å². The first-order chi connectivity index (χ1) is 15.0. The Kier molecular flexibility index (Phi) is 5.72. The quantitative estimate of drug-likeness (QED) is 0.642. The predicted molar refractivity (Wildman–Crippen MR) is 120 cm³/mol. The van der Waals surface area contributed by atoms with Gasteiger partial charge in [-0.1, -0.05) is 54.3 Å². The standard InChI is InChI=1S/C26H22N2O3/c1-27-24-15-12-20(9-5-8-19-6-3-2-4-7-19)16-23(24)18-28(26(27)31)17-21-10-13-22(14-11-21)25(29)30/h2-4,6-7,10-16H,8,17-18H2,1H3,(H,29,30). The Bertz CT molecular complexity index is 1170. The molecule has 3 aromatic carbocycles. The summed E-state index contributed by atoms with van der Waals surface area (Å²) in [4.78, 5) is 27.2. The van der Waals surface area contributed by atoms with Gasteiger partial charge in [0.15, 0.2) is 0 Å². The molecule has 5 nitrogen and oxygen atoms in total. The first kappa shape index (κ1) is 20.2. The van der Waals surface area contributed by atoms with E-state index in [4.69, 9.17) is 5.11 Å². The van der Waals surface area contributed by atoms with Crippen LogP contribution in [0.2, 0.25) is 0 Å². The minimum absolute atomic E-state index is 0.0854. The van der Waals surface area contributed by atoms with Crippen LogP contribution < -0.4 is 4.90 Å². The number of nitrogens with zero attached hydrogens (tertiary/aromatic N) is 2. The highest BCUT2D eigenvalue weighted by Gasteiger charge is 2.27. The van der Waals surface area contributed by atoms with Gasteiger partial charge < -0.3 is 10.0 Å². The molecule has 0 aliphatic carbocycles. The van der Waals surface area contributed by atoms with Crippen molar-refractivity contribution in [3.05, 3.63) is 101 Å². The second kappa shape index (κ2) is 8.76. The number of hydrogen-bond acceptors (Lipinski definition) is 2. The van der Waals surface area contributed by atoms with Crippen molar-refractivity contribution in [3.8, 4) is 11.8 Å². The molecule has 0 saturated heterocycles. The number of benzene rings is 3. The van der Waals surface area contributed by atoms with Gasteiger partial charge in [0.1, 0.15) is 0 Å². The first-order valence-corrected chi connectivity index (χ1v) is 10.0. The van der Waals surface area contributed by atoms with Gasteiger partial charge in [-0.3, -0.25) is 4.90 Å². The molecule has 5 heteroatoms. The van der Waals surface area contributed by atoms with Crippen molar-refractivity contribution in [1.82, 2.24) is 4.90 Å². The monoisotopic (exact) mass is 410 g/mol. The molecular weight excluding hydrogens is 388 g/mol. The maximum Gasteiger partial charge on any atom is 0.335 e. The summed E-state index contributed by atoms with van der Waals surface area (Å²) in [5, 5.41) is 9.05. The molecule has 154 valence electrons. The van der Waals surface area contributed by atoms with Crippen LogP contribution in [0.15, 0.2) is 72.8 Å². The third-order valence-corrected chi connectivity index (χ3v) is 5.30. The summed E-state index contributed by atoms with van der Waals surface area (Å²) in [6.45, 7) is 0.889. The fourth-order valence-corrected chi connectivity index (χ4v) is 3.65. The number of aromatic carboxylic acids is 1. The van der Waals surface area contributed by atoms with Gasteiger partial charge in [0, 0.05) is 32.1 Å². The summed E-state index contributed by atoms with van der Waals surface area (Å²) in [5.74, 6) is 5.48. The van der Waals surface area contributed by atoms with Gasteiger partial charge in [-0.05, 0) is 47.0 Å². The minimum atomic E-state index is -0.963. The average Bonchev–Trinajstić information content (AvgIpc) is 2.78. The molecule has 0 radical (unpaired) electrons. The van der Waals surface area contributed by atoms with E-state index in [0.29, 0.717) is 19.5 Å². The number of carboxylic acid groups (broad SMARTS) is 1. The smallest absolute Gasteiger partial charge is 0.335 e. The molecule has 0 bridgehead atoms. The van der Waals surface area contributed by atoms with Crippen molar-refractivity contribution in [2.75, 3.05) is 11.9 Å². The zero-order chi connectivity index (χ0) is 21.8. The highest BCUT2D eigenvalue weighted by atomic mass is 16.4. The predicted octanol–water partition coefficient (Wildman–Crippen LogP) is 4.55. The Hall–Kier alpha value is -4.04. The normalized spacial score (nSPS) is 12.7. The molecule has 1 aliphatic rings. The van der Waals surface area contributed by atoms with E-state index in [1.165, 1.54) is 5.56 Å². The number of rotatable bonds is 4. The maximum atomic E-state index is 12.8. The molecule has 1 aliphatic heterocycles. The Labute approximate surface area is 181 Å². The molecule has 0 aromatic heterocycles. The number of carbonyl (C=O) groups is 2. The van der Waals surface area contributed by atoms with Crippen LogP contribution in [-0.2, 0) is 19.5 Å². The molecular formula is C26H22N2O3. The van der Waals surface area contributed by atoms with Gasteiger partial charge in [0.05, 0.1) is 11.3 Å². The van der Waals surface area contributed by atoms with Crippen molar-refractivity contribution < 1.29 is 14.7 Å². The second-order valence-electron chi connectivity index (χ2n) is 7.51. The fourth-order valence-electron chi connectivity index (χ4n) is 3.65. The Morgan fingerprint density at radius 2 is 1.74 bits per heavy atom. The summed E-state index contributed by atoms with van der Waals surface area (Å²) >= 11 is 0. The summed E-state index contributed by atoms with van der Waals surface area (Å²) in [7, 11) is 1.77. The van der Waals surface area contributed by atoms with Crippen LogP contribution in [0.5, 0.6) is 0 Å². The van der Waals surface area contributed by atoms with Crippen LogP contribution >= 0.6 is 0 Å². The molecule has 31 heavy (non-hydrogen) atoms.